The first-order valence-electron chi connectivity index (χ1n) is 7.74. The van der Waals surface area contributed by atoms with E-state index in [9.17, 15) is 9.59 Å². The van der Waals surface area contributed by atoms with Crippen LogP contribution in [-0.4, -0.2) is 19.1 Å². The van der Waals surface area contributed by atoms with Gasteiger partial charge in [-0.2, -0.15) is 0 Å². The molecule has 0 unspecified atom stereocenters. The molecule has 3 aromatic rings. The number of carbonyl (C=O) groups is 2. The zero-order valence-corrected chi connectivity index (χ0v) is 13.7. The number of hydrogen-bond acceptors (Lipinski definition) is 3. The van der Waals surface area contributed by atoms with E-state index >= 15 is 0 Å². The van der Waals surface area contributed by atoms with E-state index in [0.29, 0.717) is 11.3 Å². The van der Waals surface area contributed by atoms with Crippen molar-refractivity contribution in [2.75, 3.05) is 12.0 Å². The maximum absolute atomic E-state index is 12.7. The zero-order chi connectivity index (χ0) is 17.6. The van der Waals surface area contributed by atoms with Crippen LogP contribution in [0.3, 0.4) is 0 Å². The lowest BCUT2D eigenvalue weighted by atomic mass is 10.1. The number of benzene rings is 3. The summed E-state index contributed by atoms with van der Waals surface area (Å²) in [7, 11) is 1.25. The minimum absolute atomic E-state index is 0.413. The van der Waals surface area contributed by atoms with Gasteiger partial charge in [-0.25, -0.2) is 9.69 Å². The first-order valence-corrected chi connectivity index (χ1v) is 7.74. The molecule has 0 bridgehead atoms. The molecule has 0 fully saturated rings. The van der Waals surface area contributed by atoms with Crippen molar-refractivity contribution in [1.82, 2.24) is 0 Å². The zero-order valence-electron chi connectivity index (χ0n) is 13.7. The minimum Gasteiger partial charge on any atom is -0.452 e. The van der Waals surface area contributed by atoms with E-state index in [0.717, 1.165) is 16.0 Å². The van der Waals surface area contributed by atoms with E-state index in [1.807, 2.05) is 42.5 Å². The number of imide groups is 1. The Hall–Kier alpha value is -3.40. The summed E-state index contributed by atoms with van der Waals surface area (Å²) in [5, 5.41) is 0. The van der Waals surface area contributed by atoms with Gasteiger partial charge in [0.1, 0.15) is 0 Å². The van der Waals surface area contributed by atoms with Crippen LogP contribution in [0.2, 0.25) is 0 Å². The average molecular weight is 330 g/mol. The summed E-state index contributed by atoms with van der Waals surface area (Å²) < 4.78 is 4.79. The predicted octanol–water partition coefficient (Wildman–Crippen LogP) is 4.57. The quantitative estimate of drug-likeness (QED) is 0.707. The Bertz CT molecular complexity index is 859. The molecule has 0 aliphatic carbocycles. The SMILES string of the molecule is COC(=O)N(C(=O)c1ccccc1)c1ccc(-c2cc[c]cc2)cc1. The number of amides is 2. The molecule has 123 valence electrons. The summed E-state index contributed by atoms with van der Waals surface area (Å²) in [4.78, 5) is 25.9. The molecule has 1 radical (unpaired) electrons. The molecule has 4 heteroatoms. The molecule has 3 aromatic carbocycles. The van der Waals surface area contributed by atoms with Gasteiger partial charge < -0.3 is 4.74 Å². The number of rotatable bonds is 3. The third kappa shape index (κ3) is 3.58. The average Bonchev–Trinajstić information content (AvgIpc) is 2.70. The second-order valence-electron chi connectivity index (χ2n) is 5.31. The number of anilines is 1. The second-order valence-corrected chi connectivity index (χ2v) is 5.31. The Morgan fingerprint density at radius 2 is 1.44 bits per heavy atom. The summed E-state index contributed by atoms with van der Waals surface area (Å²) in [6.07, 6.45) is -0.726. The highest BCUT2D eigenvalue weighted by atomic mass is 16.5. The Morgan fingerprint density at radius 3 is 2.04 bits per heavy atom. The second kappa shape index (κ2) is 7.45. The highest BCUT2D eigenvalue weighted by molar-refractivity contribution is 6.19. The van der Waals surface area contributed by atoms with Crippen LogP contribution >= 0.6 is 0 Å². The Labute approximate surface area is 146 Å². The molecule has 0 aromatic heterocycles. The lowest BCUT2D eigenvalue weighted by Crippen LogP contribution is -2.36. The Balaban J connectivity index is 1.94. The minimum atomic E-state index is -0.726. The number of hydrogen-bond donors (Lipinski definition) is 0. The fraction of sp³-hybridized carbons (Fsp3) is 0.0476. The molecule has 25 heavy (non-hydrogen) atoms. The molecule has 0 saturated carbocycles. The monoisotopic (exact) mass is 330 g/mol. The molecule has 4 nitrogen and oxygen atoms in total. The van der Waals surface area contributed by atoms with Crippen molar-refractivity contribution in [3.8, 4) is 11.1 Å². The van der Waals surface area contributed by atoms with Crippen LogP contribution in [0.1, 0.15) is 10.4 Å². The fourth-order valence-electron chi connectivity index (χ4n) is 2.49. The Kier molecular flexibility index (Phi) is 4.90. The van der Waals surface area contributed by atoms with Crippen LogP contribution in [0.5, 0.6) is 0 Å². The van der Waals surface area contributed by atoms with Gasteiger partial charge in [-0.15, -0.1) is 0 Å². The van der Waals surface area contributed by atoms with Crippen LogP contribution in [0, 0.1) is 6.07 Å². The standard InChI is InChI=1S/C21H16NO3/c1-25-21(24)22(20(23)18-10-6-3-7-11-18)19-14-12-17(13-15-19)16-8-4-2-5-9-16/h3-15H,1H3. The molecule has 0 heterocycles. The first-order chi connectivity index (χ1) is 12.2. The van der Waals surface area contributed by atoms with Crippen LogP contribution < -0.4 is 4.90 Å². The topological polar surface area (TPSA) is 46.6 Å². The van der Waals surface area contributed by atoms with E-state index in [2.05, 4.69) is 6.07 Å². The van der Waals surface area contributed by atoms with Crippen molar-refractivity contribution in [2.24, 2.45) is 0 Å². The van der Waals surface area contributed by atoms with E-state index in [4.69, 9.17) is 4.74 Å². The summed E-state index contributed by atoms with van der Waals surface area (Å²) >= 11 is 0. The van der Waals surface area contributed by atoms with Gasteiger partial charge in [0, 0.05) is 5.56 Å². The van der Waals surface area contributed by atoms with Crippen molar-refractivity contribution in [2.45, 2.75) is 0 Å². The largest absolute Gasteiger partial charge is 0.452 e. The van der Waals surface area contributed by atoms with Crippen LogP contribution in [0.15, 0.2) is 78.9 Å². The molecule has 0 atom stereocenters. The van der Waals surface area contributed by atoms with Crippen molar-refractivity contribution >= 4 is 17.7 Å². The maximum Gasteiger partial charge on any atom is 0.421 e. The van der Waals surface area contributed by atoms with Gasteiger partial charge in [-0.05, 0) is 41.5 Å². The molecule has 2 amide bonds. The molecule has 0 aliphatic heterocycles. The van der Waals surface area contributed by atoms with Crippen molar-refractivity contribution in [3.63, 3.8) is 0 Å². The molecule has 0 saturated heterocycles. The number of ether oxygens (including phenoxy) is 1. The van der Waals surface area contributed by atoms with Gasteiger partial charge in [0.15, 0.2) is 0 Å². The Morgan fingerprint density at radius 1 is 0.840 bits per heavy atom. The first kappa shape index (κ1) is 16.5. The van der Waals surface area contributed by atoms with Crippen molar-refractivity contribution in [3.05, 3.63) is 90.5 Å². The van der Waals surface area contributed by atoms with E-state index < -0.39 is 12.0 Å². The van der Waals surface area contributed by atoms with Crippen LogP contribution in [-0.2, 0) is 4.74 Å². The van der Waals surface area contributed by atoms with Gasteiger partial charge in [0.05, 0.1) is 12.8 Å². The predicted molar refractivity (Wildman–Crippen MR) is 96.4 cm³/mol. The summed E-state index contributed by atoms with van der Waals surface area (Å²) in [5.74, 6) is -0.436. The smallest absolute Gasteiger partial charge is 0.421 e. The lowest BCUT2D eigenvalue weighted by molar-refractivity contribution is 0.0976. The third-order valence-corrected chi connectivity index (χ3v) is 3.76. The summed E-state index contributed by atoms with van der Waals surface area (Å²) in [6, 6.07) is 26.3. The van der Waals surface area contributed by atoms with Crippen molar-refractivity contribution < 1.29 is 14.3 Å². The van der Waals surface area contributed by atoms with Gasteiger partial charge in [-0.3, -0.25) is 4.79 Å². The van der Waals surface area contributed by atoms with E-state index in [-0.39, 0.29) is 0 Å². The fourth-order valence-corrected chi connectivity index (χ4v) is 2.49. The lowest BCUT2D eigenvalue weighted by Gasteiger charge is -2.20. The number of carbonyl (C=O) groups excluding carboxylic acids is 2. The van der Waals surface area contributed by atoms with Crippen LogP contribution in [0.4, 0.5) is 10.5 Å². The van der Waals surface area contributed by atoms with Gasteiger partial charge in [-0.1, -0.05) is 54.6 Å². The molecule has 0 spiro atoms. The number of nitrogens with zero attached hydrogens (tertiary/aromatic N) is 1. The normalized spacial score (nSPS) is 10.1. The molecule has 0 aliphatic rings. The molecule has 0 N–H and O–H groups in total. The summed E-state index contributed by atoms with van der Waals surface area (Å²) in [6.45, 7) is 0. The summed E-state index contributed by atoms with van der Waals surface area (Å²) in [5.41, 5.74) is 2.88. The van der Waals surface area contributed by atoms with Gasteiger partial charge >= 0.3 is 6.09 Å². The molecular weight excluding hydrogens is 314 g/mol. The maximum atomic E-state index is 12.7. The molecule has 3 rings (SSSR count). The van der Waals surface area contributed by atoms with Crippen LogP contribution in [0.25, 0.3) is 11.1 Å². The highest BCUT2D eigenvalue weighted by Gasteiger charge is 2.25. The third-order valence-electron chi connectivity index (χ3n) is 3.76. The van der Waals surface area contributed by atoms with E-state index in [1.165, 1.54) is 7.11 Å². The number of methoxy groups -OCH3 is 1. The van der Waals surface area contributed by atoms with Gasteiger partial charge in [0.25, 0.3) is 5.91 Å². The van der Waals surface area contributed by atoms with Gasteiger partial charge in [0.2, 0.25) is 0 Å². The highest BCUT2D eigenvalue weighted by Crippen LogP contribution is 2.24. The van der Waals surface area contributed by atoms with Crippen molar-refractivity contribution in [1.29, 1.82) is 0 Å². The molecular formula is C21H16NO3. The van der Waals surface area contributed by atoms with E-state index in [1.54, 1.807) is 36.4 Å².